The van der Waals surface area contributed by atoms with Crippen LogP contribution in [0.1, 0.15) is 45.2 Å². The predicted molar refractivity (Wildman–Crippen MR) is 133 cm³/mol. The summed E-state index contributed by atoms with van der Waals surface area (Å²) in [7, 11) is 0. The van der Waals surface area contributed by atoms with Crippen LogP contribution in [0.15, 0.2) is 12.5 Å². The van der Waals surface area contributed by atoms with Gasteiger partial charge >= 0.3 is 11.9 Å². The highest BCUT2D eigenvalue weighted by molar-refractivity contribution is 7.98. The molecule has 8 N–H and O–H groups in total. The number of carbonyl (C=O) groups is 5. The first-order valence-corrected chi connectivity index (χ1v) is 13.0. The number of rotatable bonds is 17. The van der Waals surface area contributed by atoms with Crippen LogP contribution in [0, 0.1) is 5.92 Å². The van der Waals surface area contributed by atoms with E-state index in [2.05, 4.69) is 25.9 Å². The topological polar surface area (TPSA) is 217 Å². The zero-order valence-electron chi connectivity index (χ0n) is 20.7. The lowest BCUT2D eigenvalue weighted by molar-refractivity contribution is -0.142. The van der Waals surface area contributed by atoms with E-state index in [9.17, 15) is 29.1 Å². The first-order chi connectivity index (χ1) is 17.0. The number of amides is 3. The standard InChI is InChI=1S/C22H36N6O7S/c1-4-12(2)18(23)21(33)26-14(5-6-17(29)30)19(31)28-16(9-13-10-24-11-25-13)20(32)27-15(22(34)35)7-8-36-3/h10-12,14-16,18H,4-9,23H2,1-3H3,(H,24,25)(H,26,33)(H,27,32)(H,28,31)(H,29,30)(H,34,35). The predicted octanol–water partition coefficient (Wildman–Crippen LogP) is -0.517. The van der Waals surface area contributed by atoms with Crippen LogP contribution in [0.4, 0.5) is 0 Å². The van der Waals surface area contributed by atoms with Gasteiger partial charge in [0.15, 0.2) is 0 Å². The zero-order valence-corrected chi connectivity index (χ0v) is 21.5. The normalized spacial score (nSPS) is 15.1. The van der Waals surface area contributed by atoms with Crippen molar-refractivity contribution in [3.8, 4) is 0 Å². The fourth-order valence-corrected chi connectivity index (χ4v) is 3.65. The van der Waals surface area contributed by atoms with Gasteiger partial charge in [-0.1, -0.05) is 20.3 Å². The molecule has 14 heteroatoms. The second-order valence-corrected chi connectivity index (χ2v) is 9.41. The van der Waals surface area contributed by atoms with Crippen LogP contribution in [-0.2, 0) is 30.4 Å². The third-order valence-electron chi connectivity index (χ3n) is 5.68. The molecule has 0 fully saturated rings. The number of carbonyl (C=O) groups excluding carboxylic acids is 3. The maximum atomic E-state index is 13.1. The number of hydrogen-bond donors (Lipinski definition) is 7. The second kappa shape index (κ2) is 15.8. The van der Waals surface area contributed by atoms with Gasteiger partial charge in [0.05, 0.1) is 12.4 Å². The van der Waals surface area contributed by atoms with Gasteiger partial charge in [0.2, 0.25) is 17.7 Å². The van der Waals surface area contributed by atoms with E-state index in [-0.39, 0.29) is 25.2 Å². The average molecular weight is 529 g/mol. The minimum Gasteiger partial charge on any atom is -0.481 e. The number of nitrogens with zero attached hydrogens (tertiary/aromatic N) is 1. The summed E-state index contributed by atoms with van der Waals surface area (Å²) in [6.07, 6.45) is 4.75. The maximum Gasteiger partial charge on any atom is 0.326 e. The first-order valence-electron chi connectivity index (χ1n) is 11.6. The van der Waals surface area contributed by atoms with Crippen LogP contribution in [0.2, 0.25) is 0 Å². The molecular weight excluding hydrogens is 492 g/mol. The molecule has 0 aliphatic rings. The van der Waals surface area contributed by atoms with Crippen LogP contribution >= 0.6 is 11.8 Å². The van der Waals surface area contributed by atoms with Crippen molar-refractivity contribution >= 4 is 41.4 Å². The molecule has 1 aromatic heterocycles. The number of aromatic nitrogens is 2. The Kier molecular flexibility index (Phi) is 13.5. The molecule has 0 aliphatic heterocycles. The Labute approximate surface area is 213 Å². The summed E-state index contributed by atoms with van der Waals surface area (Å²) in [5.41, 5.74) is 6.44. The summed E-state index contributed by atoms with van der Waals surface area (Å²) in [5, 5.41) is 26.0. The highest BCUT2D eigenvalue weighted by Crippen LogP contribution is 2.08. The van der Waals surface area contributed by atoms with Gasteiger partial charge in [-0.15, -0.1) is 0 Å². The Morgan fingerprint density at radius 3 is 2.17 bits per heavy atom. The molecule has 1 aromatic rings. The molecule has 1 heterocycles. The van der Waals surface area contributed by atoms with Gasteiger partial charge in [0.25, 0.3) is 0 Å². The summed E-state index contributed by atoms with van der Waals surface area (Å²) in [6.45, 7) is 3.63. The van der Waals surface area contributed by atoms with Crippen LogP contribution in [-0.4, -0.2) is 86.0 Å². The number of H-pyrrole nitrogens is 1. The van der Waals surface area contributed by atoms with Crippen LogP contribution in [0.3, 0.4) is 0 Å². The monoisotopic (exact) mass is 528 g/mol. The summed E-state index contributed by atoms with van der Waals surface area (Å²) < 4.78 is 0. The van der Waals surface area contributed by atoms with Crippen molar-refractivity contribution in [1.29, 1.82) is 0 Å². The summed E-state index contributed by atoms with van der Waals surface area (Å²) >= 11 is 1.42. The number of carboxylic acids is 2. The molecule has 202 valence electrons. The Morgan fingerprint density at radius 1 is 1.03 bits per heavy atom. The molecule has 0 aromatic carbocycles. The van der Waals surface area contributed by atoms with Gasteiger partial charge in [-0.3, -0.25) is 19.2 Å². The second-order valence-electron chi connectivity index (χ2n) is 8.43. The van der Waals surface area contributed by atoms with E-state index >= 15 is 0 Å². The van der Waals surface area contributed by atoms with Crippen molar-refractivity contribution in [3.63, 3.8) is 0 Å². The number of aromatic amines is 1. The quantitative estimate of drug-likeness (QED) is 0.137. The largest absolute Gasteiger partial charge is 0.481 e. The van der Waals surface area contributed by atoms with Crippen LogP contribution < -0.4 is 21.7 Å². The van der Waals surface area contributed by atoms with Gasteiger partial charge in [-0.2, -0.15) is 11.8 Å². The molecule has 0 bridgehead atoms. The molecule has 5 atom stereocenters. The summed E-state index contributed by atoms with van der Waals surface area (Å²) in [4.78, 5) is 68.1. The van der Waals surface area contributed by atoms with E-state index in [1.54, 1.807) is 13.2 Å². The van der Waals surface area contributed by atoms with E-state index in [0.29, 0.717) is 17.9 Å². The average Bonchev–Trinajstić information content (AvgIpc) is 3.35. The molecular formula is C22H36N6O7S. The molecule has 0 aliphatic carbocycles. The molecule has 0 saturated carbocycles. The maximum absolute atomic E-state index is 13.1. The van der Waals surface area contributed by atoms with E-state index in [4.69, 9.17) is 10.8 Å². The van der Waals surface area contributed by atoms with Gasteiger partial charge in [0, 0.05) is 24.7 Å². The van der Waals surface area contributed by atoms with Crippen molar-refractivity contribution in [2.24, 2.45) is 11.7 Å². The van der Waals surface area contributed by atoms with Gasteiger partial charge in [-0.25, -0.2) is 9.78 Å². The van der Waals surface area contributed by atoms with Gasteiger partial charge < -0.3 is 36.9 Å². The molecule has 0 spiro atoms. The number of nitrogens with one attached hydrogen (secondary N) is 4. The van der Waals surface area contributed by atoms with Gasteiger partial charge in [-0.05, 0) is 30.8 Å². The molecule has 3 amide bonds. The lowest BCUT2D eigenvalue weighted by atomic mass is 9.98. The minimum atomic E-state index is -1.27. The summed E-state index contributed by atoms with van der Waals surface area (Å²) in [5.74, 6) is -4.22. The number of aliphatic carboxylic acids is 2. The van der Waals surface area contributed by atoms with E-state index in [1.165, 1.54) is 24.3 Å². The zero-order chi connectivity index (χ0) is 27.3. The molecule has 0 saturated heterocycles. The Morgan fingerprint density at radius 2 is 1.64 bits per heavy atom. The van der Waals surface area contributed by atoms with E-state index in [1.807, 2.05) is 6.92 Å². The van der Waals surface area contributed by atoms with Crippen molar-refractivity contribution in [1.82, 2.24) is 25.9 Å². The number of nitrogens with two attached hydrogens (primary N) is 1. The number of carboxylic acid groups (broad SMARTS) is 2. The SMILES string of the molecule is CCC(C)C(N)C(=O)NC(CCC(=O)O)C(=O)NC(Cc1cnc[nH]1)C(=O)NC(CCSC)C(=O)O. The van der Waals surface area contributed by atoms with Crippen molar-refractivity contribution in [2.45, 2.75) is 70.1 Å². The Hall–Kier alpha value is -3.13. The fraction of sp³-hybridized carbons (Fsp3) is 0.636. The number of imidazole rings is 1. The minimum absolute atomic E-state index is 0.0432. The molecule has 13 nitrogen and oxygen atoms in total. The molecule has 1 rings (SSSR count). The third kappa shape index (κ3) is 10.6. The first kappa shape index (κ1) is 30.9. The highest BCUT2D eigenvalue weighted by atomic mass is 32.2. The number of thioether (sulfide) groups is 1. The summed E-state index contributed by atoms with van der Waals surface area (Å²) in [6, 6.07) is -4.57. The molecule has 36 heavy (non-hydrogen) atoms. The smallest absolute Gasteiger partial charge is 0.326 e. The lowest BCUT2D eigenvalue weighted by Gasteiger charge is -2.26. The van der Waals surface area contributed by atoms with Crippen molar-refractivity contribution < 1.29 is 34.2 Å². The molecule has 0 radical (unpaired) electrons. The Balaban J connectivity index is 3.08. The van der Waals surface area contributed by atoms with Crippen LogP contribution in [0.25, 0.3) is 0 Å². The van der Waals surface area contributed by atoms with Crippen molar-refractivity contribution in [2.75, 3.05) is 12.0 Å². The molecule has 5 unspecified atom stereocenters. The third-order valence-corrected chi connectivity index (χ3v) is 6.32. The Bertz CT molecular complexity index is 882. The number of hydrogen-bond acceptors (Lipinski definition) is 8. The highest BCUT2D eigenvalue weighted by Gasteiger charge is 2.31. The van der Waals surface area contributed by atoms with E-state index in [0.717, 1.165) is 0 Å². The van der Waals surface area contributed by atoms with Gasteiger partial charge in [0.1, 0.15) is 18.1 Å². The van der Waals surface area contributed by atoms with Crippen molar-refractivity contribution in [3.05, 3.63) is 18.2 Å². The van der Waals surface area contributed by atoms with E-state index < -0.39 is 60.2 Å². The lowest BCUT2D eigenvalue weighted by Crippen LogP contribution is -2.58. The van der Waals surface area contributed by atoms with Crippen LogP contribution in [0.5, 0.6) is 0 Å². The fourth-order valence-electron chi connectivity index (χ4n) is 3.18.